The molecule has 1 aliphatic heterocycles. The van der Waals surface area contributed by atoms with Crippen LogP contribution in [0.3, 0.4) is 0 Å². The van der Waals surface area contributed by atoms with Crippen molar-refractivity contribution in [2.45, 2.75) is 31.9 Å². The third-order valence-corrected chi connectivity index (χ3v) is 5.29. The summed E-state index contributed by atoms with van der Waals surface area (Å²) < 4.78 is 19.9. The number of guanidine groups is 1. The third kappa shape index (κ3) is 6.14. The summed E-state index contributed by atoms with van der Waals surface area (Å²) in [6.45, 7) is 2.04. The first-order valence-electron chi connectivity index (χ1n) is 10.2. The molecule has 0 atom stereocenters. The summed E-state index contributed by atoms with van der Waals surface area (Å²) >= 11 is 0. The molecule has 1 fully saturated rings. The number of anilines is 1. The van der Waals surface area contributed by atoms with Crippen molar-refractivity contribution in [3.05, 3.63) is 59.0 Å². The predicted molar refractivity (Wildman–Crippen MR) is 117 cm³/mol. The molecule has 0 bridgehead atoms. The average molecular weight is 429 g/mol. The highest BCUT2D eigenvalue weighted by atomic mass is 19.1. The van der Waals surface area contributed by atoms with Gasteiger partial charge in [0.1, 0.15) is 6.61 Å². The van der Waals surface area contributed by atoms with Gasteiger partial charge in [0, 0.05) is 31.4 Å². The van der Waals surface area contributed by atoms with Crippen LogP contribution in [0.15, 0.2) is 36.5 Å². The Morgan fingerprint density at radius 1 is 1.29 bits per heavy atom. The molecule has 2 aromatic rings. The van der Waals surface area contributed by atoms with Gasteiger partial charge in [-0.3, -0.25) is 10.7 Å². The molecule has 0 saturated carbocycles. The first-order chi connectivity index (χ1) is 14.8. The molecule has 1 saturated heterocycles. The topological polar surface area (TPSA) is 108 Å². The molecule has 9 heteroatoms. The fourth-order valence-electron chi connectivity index (χ4n) is 3.78. The van der Waals surface area contributed by atoms with E-state index < -0.39 is 17.9 Å². The highest BCUT2D eigenvalue weighted by molar-refractivity contribution is 5.90. The van der Waals surface area contributed by atoms with Crippen LogP contribution in [0.1, 0.15) is 35.4 Å². The maximum Gasteiger partial charge on any atom is 0.414 e. The zero-order valence-electron chi connectivity index (χ0n) is 17.9. The lowest BCUT2D eigenvalue weighted by atomic mass is 9.89. The number of halogens is 1. The normalized spacial score (nSPS) is 14.5. The molecule has 1 aliphatic rings. The number of rotatable bonds is 6. The van der Waals surface area contributed by atoms with Crippen LogP contribution >= 0.6 is 0 Å². The molecule has 4 N–H and O–H groups in total. The number of nitrogens with zero attached hydrogens (tertiary/aromatic N) is 3. The Kier molecular flexibility index (Phi) is 7.41. The highest BCUT2D eigenvalue weighted by Gasteiger charge is 2.24. The van der Waals surface area contributed by atoms with Crippen molar-refractivity contribution < 1.29 is 13.9 Å². The lowest BCUT2D eigenvalue weighted by Crippen LogP contribution is -2.36. The number of benzene rings is 1. The minimum absolute atomic E-state index is 0.224. The van der Waals surface area contributed by atoms with Gasteiger partial charge in [-0.2, -0.15) is 0 Å². The second-order valence-electron chi connectivity index (χ2n) is 7.96. The van der Waals surface area contributed by atoms with E-state index in [0.29, 0.717) is 19.0 Å². The molecule has 0 radical (unpaired) electrons. The number of amides is 1. The Morgan fingerprint density at radius 2 is 1.97 bits per heavy atom. The number of carbonyl (C=O) groups is 1. The molecular formula is C22H29FN6O2. The Balaban J connectivity index is 1.59. The van der Waals surface area contributed by atoms with Crippen molar-refractivity contribution in [1.29, 1.82) is 5.41 Å². The van der Waals surface area contributed by atoms with Gasteiger partial charge in [0.05, 0.1) is 0 Å². The largest absolute Gasteiger partial charge is 0.444 e. The van der Waals surface area contributed by atoms with Crippen molar-refractivity contribution in [1.82, 2.24) is 15.2 Å². The summed E-state index contributed by atoms with van der Waals surface area (Å²) in [6, 6.07) is 10.2. The molecule has 1 amide bonds. The molecule has 1 aromatic carbocycles. The average Bonchev–Trinajstić information content (AvgIpc) is 2.73. The Bertz CT molecular complexity index is 911. The number of aromatic nitrogens is 1. The Morgan fingerprint density at radius 3 is 2.58 bits per heavy atom. The second-order valence-corrected chi connectivity index (χ2v) is 7.96. The minimum Gasteiger partial charge on any atom is -0.444 e. The SMILES string of the molecule is CN(C)Cc1ccc(C2CCN(c3nccc(COC(=O)NC(=N)N)c3F)CC2)cc1. The van der Waals surface area contributed by atoms with Crippen molar-refractivity contribution in [2.24, 2.45) is 5.73 Å². The lowest BCUT2D eigenvalue weighted by Gasteiger charge is -2.33. The van der Waals surface area contributed by atoms with Gasteiger partial charge in [0.25, 0.3) is 0 Å². The molecular weight excluding hydrogens is 399 g/mol. The standard InChI is InChI=1S/C22H29FN6O2/c1-28(2)13-15-3-5-16(6-4-15)17-8-11-29(12-9-17)20-19(23)18(7-10-26-20)14-31-22(30)27-21(24)25/h3-7,10,17H,8-9,11-14H2,1-2H3,(H4,24,25,27,30). The van der Waals surface area contributed by atoms with Crippen LogP contribution in [0.25, 0.3) is 0 Å². The molecule has 31 heavy (non-hydrogen) atoms. The molecule has 2 heterocycles. The number of carbonyl (C=O) groups excluding carboxylic acids is 1. The van der Waals surface area contributed by atoms with Gasteiger partial charge in [-0.05, 0) is 50.0 Å². The van der Waals surface area contributed by atoms with E-state index >= 15 is 0 Å². The summed E-state index contributed by atoms with van der Waals surface area (Å²) in [4.78, 5) is 19.8. The fraction of sp³-hybridized carbons (Fsp3) is 0.409. The number of nitrogens with two attached hydrogens (primary N) is 1. The zero-order valence-corrected chi connectivity index (χ0v) is 17.9. The van der Waals surface area contributed by atoms with Gasteiger partial charge in [-0.15, -0.1) is 0 Å². The predicted octanol–water partition coefficient (Wildman–Crippen LogP) is 2.79. The van der Waals surface area contributed by atoms with Crippen molar-refractivity contribution in [2.75, 3.05) is 32.1 Å². The first-order valence-corrected chi connectivity index (χ1v) is 10.2. The van der Waals surface area contributed by atoms with Crippen LogP contribution in [-0.4, -0.2) is 49.1 Å². The van der Waals surface area contributed by atoms with Gasteiger partial charge < -0.3 is 20.3 Å². The number of nitrogens with one attached hydrogen (secondary N) is 2. The summed E-state index contributed by atoms with van der Waals surface area (Å²) in [5.41, 5.74) is 7.90. The molecule has 1 aromatic heterocycles. The number of ether oxygens (including phenoxy) is 1. The van der Waals surface area contributed by atoms with Crippen LogP contribution in [-0.2, 0) is 17.9 Å². The molecule has 0 unspecified atom stereocenters. The summed E-state index contributed by atoms with van der Waals surface area (Å²) in [5, 5.41) is 9.00. The number of hydrogen-bond acceptors (Lipinski definition) is 6. The van der Waals surface area contributed by atoms with Crippen LogP contribution in [0.5, 0.6) is 0 Å². The zero-order chi connectivity index (χ0) is 22.4. The van der Waals surface area contributed by atoms with Crippen molar-refractivity contribution in [3.63, 3.8) is 0 Å². The molecule has 3 rings (SSSR count). The number of pyridine rings is 1. The fourth-order valence-corrected chi connectivity index (χ4v) is 3.78. The molecule has 0 aliphatic carbocycles. The van der Waals surface area contributed by atoms with Gasteiger partial charge in [-0.1, -0.05) is 24.3 Å². The molecule has 8 nitrogen and oxygen atoms in total. The van der Waals surface area contributed by atoms with Crippen LogP contribution < -0.4 is 16.0 Å². The van der Waals surface area contributed by atoms with E-state index in [0.717, 1.165) is 19.4 Å². The number of piperidine rings is 1. The Hall–Kier alpha value is -3.20. The summed E-state index contributed by atoms with van der Waals surface area (Å²) in [7, 11) is 4.11. The van der Waals surface area contributed by atoms with E-state index in [1.165, 1.54) is 23.4 Å². The molecule has 0 spiro atoms. The van der Waals surface area contributed by atoms with Gasteiger partial charge in [0.15, 0.2) is 17.6 Å². The molecule has 166 valence electrons. The monoisotopic (exact) mass is 428 g/mol. The number of hydrogen-bond donors (Lipinski definition) is 3. The van der Waals surface area contributed by atoms with Gasteiger partial charge in [-0.25, -0.2) is 14.2 Å². The number of alkyl carbamates (subject to hydrolysis) is 1. The van der Waals surface area contributed by atoms with E-state index in [4.69, 9.17) is 15.9 Å². The van der Waals surface area contributed by atoms with Gasteiger partial charge in [0.2, 0.25) is 0 Å². The third-order valence-electron chi connectivity index (χ3n) is 5.29. The van der Waals surface area contributed by atoms with E-state index in [2.05, 4.69) is 48.2 Å². The minimum atomic E-state index is -0.900. The Labute approximate surface area is 181 Å². The van der Waals surface area contributed by atoms with E-state index in [1.54, 1.807) is 0 Å². The van der Waals surface area contributed by atoms with Crippen LogP contribution in [0.4, 0.5) is 15.0 Å². The second kappa shape index (κ2) is 10.2. The first kappa shape index (κ1) is 22.5. The maximum atomic E-state index is 15.0. The van der Waals surface area contributed by atoms with E-state index in [-0.39, 0.29) is 18.0 Å². The highest BCUT2D eigenvalue weighted by Crippen LogP contribution is 2.31. The van der Waals surface area contributed by atoms with E-state index in [1.807, 2.05) is 10.2 Å². The summed E-state index contributed by atoms with van der Waals surface area (Å²) in [6.07, 6.45) is 2.43. The smallest absolute Gasteiger partial charge is 0.414 e. The van der Waals surface area contributed by atoms with Gasteiger partial charge >= 0.3 is 6.09 Å². The lowest BCUT2D eigenvalue weighted by molar-refractivity contribution is 0.143. The van der Waals surface area contributed by atoms with Crippen LogP contribution in [0.2, 0.25) is 0 Å². The quantitative estimate of drug-likeness (QED) is 0.482. The van der Waals surface area contributed by atoms with Crippen LogP contribution in [0, 0.1) is 11.2 Å². The van der Waals surface area contributed by atoms with Crippen molar-refractivity contribution in [3.8, 4) is 0 Å². The summed E-state index contributed by atoms with van der Waals surface area (Å²) in [5.74, 6) is -0.317. The maximum absolute atomic E-state index is 15.0. The van der Waals surface area contributed by atoms with Crippen molar-refractivity contribution >= 4 is 17.9 Å². The van der Waals surface area contributed by atoms with E-state index in [9.17, 15) is 9.18 Å².